The molecule has 0 radical (unpaired) electrons. The number of nitrogens with two attached hydrogens (primary N) is 1. The van der Waals surface area contributed by atoms with Gasteiger partial charge in [0.05, 0.1) is 5.41 Å². The first-order valence-corrected chi connectivity index (χ1v) is 6.38. The Labute approximate surface area is 109 Å². The van der Waals surface area contributed by atoms with Gasteiger partial charge >= 0.3 is 0 Å². The van der Waals surface area contributed by atoms with Gasteiger partial charge in [0, 0.05) is 25.5 Å². The second-order valence-electron chi connectivity index (χ2n) is 5.66. The van der Waals surface area contributed by atoms with Crippen LogP contribution in [0.15, 0.2) is 18.2 Å². The van der Waals surface area contributed by atoms with Gasteiger partial charge < -0.3 is 0 Å². The molecule has 2 rings (SSSR count). The molecule has 0 bridgehead atoms. The molecule has 1 aromatic rings. The summed E-state index contributed by atoms with van der Waals surface area (Å²) >= 11 is 0. The molecule has 1 aliphatic heterocycles. The van der Waals surface area contributed by atoms with Crippen molar-refractivity contribution in [1.82, 2.24) is 0 Å². The molecule has 1 heterocycles. The first-order valence-electron chi connectivity index (χ1n) is 6.38. The smallest absolute Gasteiger partial charge is 0.237 e. The summed E-state index contributed by atoms with van der Waals surface area (Å²) in [6.45, 7) is 9.43. The number of hydrogen-bond donors (Lipinski definition) is 2. The Kier molecular flexibility index (Phi) is 3.01. The molecule has 1 aliphatic rings. The Hall–Kier alpha value is -1.64. The third-order valence-electron chi connectivity index (χ3n) is 4.07. The molecule has 3 nitrogen and oxygen atoms in total. The molecule has 0 fully saturated rings. The van der Waals surface area contributed by atoms with Gasteiger partial charge in [0.15, 0.2) is 5.71 Å². The van der Waals surface area contributed by atoms with Crippen LogP contribution < -0.4 is 10.7 Å². The van der Waals surface area contributed by atoms with Gasteiger partial charge in [-0.25, -0.2) is 4.58 Å². The summed E-state index contributed by atoms with van der Waals surface area (Å²) < 4.78 is 2.28. The van der Waals surface area contributed by atoms with Crippen LogP contribution in [0.2, 0.25) is 0 Å². The van der Waals surface area contributed by atoms with Crippen LogP contribution in [0.5, 0.6) is 0 Å². The summed E-state index contributed by atoms with van der Waals surface area (Å²) in [5.74, 6) is 0.759. The van der Waals surface area contributed by atoms with Crippen LogP contribution in [0.25, 0.3) is 0 Å². The molecule has 0 spiro atoms. The number of hydrogen-bond acceptors (Lipinski definition) is 0. The zero-order chi connectivity index (χ0) is 13.5. The van der Waals surface area contributed by atoms with Crippen LogP contribution in [0, 0.1) is 0 Å². The van der Waals surface area contributed by atoms with Gasteiger partial charge in [-0.1, -0.05) is 0 Å². The highest BCUT2D eigenvalue weighted by molar-refractivity contribution is 5.93. The first kappa shape index (κ1) is 12.8. The van der Waals surface area contributed by atoms with Crippen molar-refractivity contribution in [3.8, 4) is 0 Å². The highest BCUT2D eigenvalue weighted by Crippen LogP contribution is 2.38. The molecule has 1 aromatic carbocycles. The van der Waals surface area contributed by atoms with Crippen molar-refractivity contribution in [2.45, 2.75) is 39.7 Å². The van der Waals surface area contributed by atoms with Crippen LogP contribution in [0.1, 0.15) is 38.8 Å². The number of benzene rings is 1. The van der Waals surface area contributed by atoms with E-state index in [4.69, 9.17) is 5.73 Å². The minimum Gasteiger partial charge on any atom is -0.291 e. The van der Waals surface area contributed by atoms with E-state index >= 15 is 0 Å². The van der Waals surface area contributed by atoms with E-state index in [1.807, 2.05) is 6.92 Å². The third kappa shape index (κ3) is 1.94. The van der Waals surface area contributed by atoms with Crippen LogP contribution in [0.3, 0.4) is 0 Å². The number of amidine groups is 1. The normalized spacial score (nSPS) is 18.2. The predicted octanol–water partition coefficient (Wildman–Crippen LogP) is 0.670. The number of nitrogens with zero attached hydrogens (tertiary/aromatic N) is 1. The van der Waals surface area contributed by atoms with E-state index in [2.05, 4.69) is 55.6 Å². The number of fused-ring (bicyclic) bond motifs is 1. The molecule has 0 saturated heterocycles. The molecule has 0 unspecified atom stereocenters. The maximum Gasteiger partial charge on any atom is 0.237 e. The largest absolute Gasteiger partial charge is 0.291 e. The van der Waals surface area contributed by atoms with Gasteiger partial charge in [-0.15, -0.1) is 0 Å². The average molecular weight is 245 g/mol. The fraction of sp³-hybridized carbons (Fsp3) is 0.467. The summed E-state index contributed by atoms with van der Waals surface area (Å²) in [4.78, 5) is 3.18. The lowest BCUT2D eigenvalue weighted by Crippen LogP contribution is -2.72. The standard InChI is InChI=1S/C15H22N3/c1-10-15(3,4)13-8-12(9-17-11(2)16)6-7-14(13)18(10)5/h6-8H,9H2,1-5H3,(H2,16,17)/q+1/p+1. The van der Waals surface area contributed by atoms with E-state index in [-0.39, 0.29) is 5.41 Å². The summed E-state index contributed by atoms with van der Waals surface area (Å²) in [5.41, 5.74) is 11.1. The van der Waals surface area contributed by atoms with Crippen molar-refractivity contribution in [3.05, 3.63) is 29.3 Å². The van der Waals surface area contributed by atoms with Crippen molar-refractivity contribution in [2.75, 3.05) is 7.05 Å². The third-order valence-corrected chi connectivity index (χ3v) is 4.07. The SMILES string of the molecule is CC(N)=[NH+]Cc1ccc2c(c1)C(C)(C)C(C)=[N+]2C. The molecule has 18 heavy (non-hydrogen) atoms. The summed E-state index contributed by atoms with van der Waals surface area (Å²) in [7, 11) is 2.14. The zero-order valence-corrected chi connectivity index (χ0v) is 12.0. The highest BCUT2D eigenvalue weighted by Gasteiger charge is 2.41. The molecule has 0 aliphatic carbocycles. The van der Waals surface area contributed by atoms with E-state index in [0.717, 1.165) is 12.4 Å². The molecule has 0 atom stereocenters. The van der Waals surface area contributed by atoms with Crippen LogP contribution in [-0.2, 0) is 12.0 Å². The molecule has 3 heteroatoms. The maximum absolute atomic E-state index is 5.64. The molecule has 0 saturated carbocycles. The molecule has 0 aromatic heterocycles. The predicted molar refractivity (Wildman–Crippen MR) is 75.5 cm³/mol. The highest BCUT2D eigenvalue weighted by atomic mass is 15.0. The van der Waals surface area contributed by atoms with Gasteiger partial charge in [-0.3, -0.25) is 10.7 Å². The van der Waals surface area contributed by atoms with E-state index in [1.54, 1.807) is 0 Å². The van der Waals surface area contributed by atoms with E-state index in [0.29, 0.717) is 0 Å². The van der Waals surface area contributed by atoms with Crippen molar-refractivity contribution in [2.24, 2.45) is 5.73 Å². The van der Waals surface area contributed by atoms with Crippen molar-refractivity contribution in [1.29, 1.82) is 0 Å². The van der Waals surface area contributed by atoms with Crippen molar-refractivity contribution in [3.63, 3.8) is 0 Å². The number of rotatable bonds is 2. The lowest BCUT2D eigenvalue weighted by molar-refractivity contribution is -0.476. The second-order valence-corrected chi connectivity index (χ2v) is 5.66. The molecule has 0 amide bonds. The summed E-state index contributed by atoms with van der Waals surface area (Å²) in [6, 6.07) is 6.66. The fourth-order valence-corrected chi connectivity index (χ4v) is 2.52. The van der Waals surface area contributed by atoms with Crippen LogP contribution in [0.4, 0.5) is 5.69 Å². The van der Waals surface area contributed by atoms with E-state index in [1.165, 1.54) is 22.5 Å². The van der Waals surface area contributed by atoms with Crippen molar-refractivity contribution < 1.29 is 9.57 Å². The van der Waals surface area contributed by atoms with Crippen molar-refractivity contribution >= 4 is 17.2 Å². The molecule has 3 N–H and O–H groups in total. The Balaban J connectivity index is 2.43. The Morgan fingerprint density at radius 2 is 2.06 bits per heavy atom. The Bertz CT molecular complexity index is 547. The fourth-order valence-electron chi connectivity index (χ4n) is 2.52. The minimum atomic E-state index is 0.113. The molecule has 96 valence electrons. The first-order chi connectivity index (χ1) is 8.34. The van der Waals surface area contributed by atoms with Crippen LogP contribution in [-0.4, -0.2) is 23.2 Å². The lowest BCUT2D eigenvalue weighted by atomic mass is 9.81. The average Bonchev–Trinajstić information content (AvgIpc) is 2.49. The lowest BCUT2D eigenvalue weighted by Gasteiger charge is -2.15. The minimum absolute atomic E-state index is 0.113. The maximum atomic E-state index is 5.64. The van der Waals surface area contributed by atoms with Gasteiger partial charge in [0.1, 0.15) is 13.6 Å². The monoisotopic (exact) mass is 245 g/mol. The van der Waals surface area contributed by atoms with Gasteiger partial charge in [0.2, 0.25) is 11.5 Å². The Morgan fingerprint density at radius 1 is 1.39 bits per heavy atom. The van der Waals surface area contributed by atoms with Gasteiger partial charge in [0.25, 0.3) is 0 Å². The summed E-state index contributed by atoms with van der Waals surface area (Å²) in [5, 5.41) is 0. The van der Waals surface area contributed by atoms with Gasteiger partial charge in [-0.2, -0.15) is 0 Å². The van der Waals surface area contributed by atoms with Crippen LogP contribution >= 0.6 is 0 Å². The quantitative estimate of drug-likeness (QED) is 0.449. The molecular formula is C15H23N3+2. The van der Waals surface area contributed by atoms with E-state index in [9.17, 15) is 0 Å². The second kappa shape index (κ2) is 4.23. The van der Waals surface area contributed by atoms with E-state index < -0.39 is 0 Å². The molecular weight excluding hydrogens is 222 g/mol. The Morgan fingerprint density at radius 3 is 2.67 bits per heavy atom. The number of nitrogens with one attached hydrogen (secondary N) is 1. The topological polar surface area (TPSA) is 43.0 Å². The zero-order valence-electron chi connectivity index (χ0n) is 12.0. The summed E-state index contributed by atoms with van der Waals surface area (Å²) in [6.07, 6.45) is 0. The van der Waals surface area contributed by atoms with Gasteiger partial charge in [-0.05, 0) is 31.5 Å².